The number of aromatic nitrogens is 1. The first-order valence-corrected chi connectivity index (χ1v) is 12.7. The summed E-state index contributed by atoms with van der Waals surface area (Å²) >= 11 is 0. The van der Waals surface area contributed by atoms with Crippen molar-refractivity contribution in [2.24, 2.45) is 11.8 Å². The quantitative estimate of drug-likeness (QED) is 0.606. The number of halogens is 2. The van der Waals surface area contributed by atoms with Crippen molar-refractivity contribution in [3.8, 4) is 0 Å². The van der Waals surface area contributed by atoms with Crippen LogP contribution in [0.4, 0.5) is 8.78 Å². The predicted molar refractivity (Wildman–Crippen MR) is 131 cm³/mol. The number of nitrogens with zero attached hydrogens (tertiary/aromatic N) is 2. The molecule has 3 fully saturated rings. The molecule has 3 heterocycles. The number of amides is 1. The van der Waals surface area contributed by atoms with Crippen LogP contribution in [-0.4, -0.2) is 46.9 Å². The van der Waals surface area contributed by atoms with E-state index in [1.54, 1.807) is 17.3 Å². The van der Waals surface area contributed by atoms with Crippen molar-refractivity contribution in [3.63, 3.8) is 0 Å². The predicted octanol–water partition coefficient (Wildman–Crippen LogP) is 3.66. The molecule has 1 aromatic carbocycles. The van der Waals surface area contributed by atoms with Gasteiger partial charge in [0, 0.05) is 49.9 Å². The number of likely N-dealkylation sites (tertiary alicyclic amines) is 1. The fourth-order valence-electron chi connectivity index (χ4n) is 6.25. The number of carbonyl (C=O) groups is 1. The number of alkyl halides is 2. The third-order valence-electron chi connectivity index (χ3n) is 8.04. The molecule has 2 saturated heterocycles. The summed E-state index contributed by atoms with van der Waals surface area (Å²) < 4.78 is 29.4. The first-order valence-electron chi connectivity index (χ1n) is 12.7. The van der Waals surface area contributed by atoms with Crippen molar-refractivity contribution < 1.29 is 13.6 Å². The lowest BCUT2D eigenvalue weighted by Gasteiger charge is -2.39. The summed E-state index contributed by atoms with van der Waals surface area (Å²) in [6.45, 7) is 4.68. The molecule has 1 saturated carbocycles. The van der Waals surface area contributed by atoms with E-state index in [4.69, 9.17) is 0 Å². The highest BCUT2D eigenvalue weighted by atomic mass is 19.3. The van der Waals surface area contributed by atoms with Crippen LogP contribution in [-0.2, 0) is 11.3 Å². The van der Waals surface area contributed by atoms with Crippen molar-refractivity contribution in [1.82, 2.24) is 26.1 Å². The summed E-state index contributed by atoms with van der Waals surface area (Å²) in [6.07, 6.45) is 5.65. The highest BCUT2D eigenvalue weighted by Gasteiger charge is 2.45. The lowest BCUT2D eigenvalue weighted by Crippen LogP contribution is -2.56. The lowest BCUT2D eigenvalue weighted by atomic mass is 9.74. The molecule has 188 valence electrons. The van der Waals surface area contributed by atoms with Crippen LogP contribution >= 0.6 is 0 Å². The SMILES string of the molecule is Cc1cccc(C)c1CN1CC(NC(=O)C2CCC3NNC(c4ccncc4)C3C2)CC(F)(F)C1. The minimum Gasteiger partial charge on any atom is -0.352 e. The van der Waals surface area contributed by atoms with E-state index >= 15 is 0 Å². The van der Waals surface area contributed by atoms with E-state index in [0.29, 0.717) is 19.1 Å². The smallest absolute Gasteiger partial charge is 0.262 e. The second kappa shape index (κ2) is 9.91. The van der Waals surface area contributed by atoms with Gasteiger partial charge in [0.05, 0.1) is 12.6 Å². The average Bonchev–Trinajstić information content (AvgIpc) is 3.24. The maximum atomic E-state index is 14.7. The van der Waals surface area contributed by atoms with Gasteiger partial charge in [0.15, 0.2) is 0 Å². The fraction of sp³-hybridized carbons (Fsp3) is 0.556. The van der Waals surface area contributed by atoms with Crippen LogP contribution in [0.1, 0.15) is 54.0 Å². The van der Waals surface area contributed by atoms with Crippen LogP contribution in [0.2, 0.25) is 0 Å². The zero-order valence-corrected chi connectivity index (χ0v) is 20.4. The molecule has 5 rings (SSSR count). The third-order valence-corrected chi connectivity index (χ3v) is 8.04. The van der Waals surface area contributed by atoms with Gasteiger partial charge in [0.1, 0.15) is 0 Å². The van der Waals surface area contributed by atoms with Crippen molar-refractivity contribution in [3.05, 3.63) is 65.0 Å². The molecule has 5 atom stereocenters. The third kappa shape index (κ3) is 5.39. The zero-order valence-electron chi connectivity index (χ0n) is 20.4. The number of aryl methyl sites for hydroxylation is 2. The largest absolute Gasteiger partial charge is 0.352 e. The van der Waals surface area contributed by atoms with Crippen LogP contribution in [0, 0.1) is 25.7 Å². The summed E-state index contributed by atoms with van der Waals surface area (Å²) in [5.74, 6) is -2.80. The number of benzene rings is 1. The molecule has 3 aliphatic rings. The van der Waals surface area contributed by atoms with Gasteiger partial charge in [-0.05, 0) is 73.4 Å². The second-order valence-corrected chi connectivity index (χ2v) is 10.6. The molecule has 5 unspecified atom stereocenters. The van der Waals surface area contributed by atoms with Gasteiger partial charge in [-0.2, -0.15) is 0 Å². The molecular weight excluding hydrogens is 448 g/mol. The van der Waals surface area contributed by atoms with E-state index in [1.165, 1.54) is 0 Å². The number of hydrogen-bond donors (Lipinski definition) is 3. The fourth-order valence-corrected chi connectivity index (χ4v) is 6.25. The van der Waals surface area contributed by atoms with Gasteiger partial charge in [-0.15, -0.1) is 0 Å². The summed E-state index contributed by atoms with van der Waals surface area (Å²) in [4.78, 5) is 19.2. The average molecular weight is 484 g/mol. The van der Waals surface area contributed by atoms with Crippen molar-refractivity contribution in [2.75, 3.05) is 13.1 Å². The molecule has 35 heavy (non-hydrogen) atoms. The Labute approximate surface area is 205 Å². The van der Waals surface area contributed by atoms with Crippen LogP contribution in [0.25, 0.3) is 0 Å². The van der Waals surface area contributed by atoms with Gasteiger partial charge in [0.25, 0.3) is 5.92 Å². The number of piperidine rings is 1. The molecule has 2 aliphatic heterocycles. The molecule has 6 nitrogen and oxygen atoms in total. The maximum absolute atomic E-state index is 14.7. The van der Waals surface area contributed by atoms with E-state index in [1.807, 2.05) is 44.2 Å². The monoisotopic (exact) mass is 483 g/mol. The molecule has 2 aromatic rings. The van der Waals surface area contributed by atoms with Gasteiger partial charge in [0.2, 0.25) is 5.91 Å². The molecule has 8 heteroatoms. The molecule has 0 radical (unpaired) electrons. The Balaban J connectivity index is 1.23. The molecular formula is C27H35F2N5O. The first-order chi connectivity index (χ1) is 16.8. The molecule has 3 N–H and O–H groups in total. The normalized spacial score (nSPS) is 30.6. The topological polar surface area (TPSA) is 69.3 Å². The van der Waals surface area contributed by atoms with E-state index in [-0.39, 0.29) is 36.8 Å². The number of fused-ring (bicyclic) bond motifs is 1. The summed E-state index contributed by atoms with van der Waals surface area (Å²) in [7, 11) is 0. The molecule has 1 amide bonds. The number of hydrazine groups is 1. The summed E-state index contributed by atoms with van der Waals surface area (Å²) in [6, 6.07) is 9.91. The van der Waals surface area contributed by atoms with E-state index in [0.717, 1.165) is 41.5 Å². The van der Waals surface area contributed by atoms with Crippen LogP contribution in [0.5, 0.6) is 0 Å². The Hall–Kier alpha value is -2.42. The van der Waals surface area contributed by atoms with E-state index < -0.39 is 12.0 Å². The van der Waals surface area contributed by atoms with Crippen LogP contribution < -0.4 is 16.2 Å². The number of rotatable bonds is 5. The van der Waals surface area contributed by atoms with Gasteiger partial charge < -0.3 is 5.32 Å². The van der Waals surface area contributed by atoms with Crippen LogP contribution in [0.15, 0.2) is 42.7 Å². The number of carbonyl (C=O) groups excluding carboxylic acids is 1. The van der Waals surface area contributed by atoms with Crippen molar-refractivity contribution >= 4 is 5.91 Å². The van der Waals surface area contributed by atoms with Gasteiger partial charge in [-0.25, -0.2) is 14.2 Å². The minimum absolute atomic E-state index is 0.0847. The van der Waals surface area contributed by atoms with E-state index in [9.17, 15) is 13.6 Å². The van der Waals surface area contributed by atoms with Crippen molar-refractivity contribution in [2.45, 2.75) is 70.1 Å². The maximum Gasteiger partial charge on any atom is 0.262 e. The molecule has 1 aromatic heterocycles. The zero-order chi connectivity index (χ0) is 24.6. The highest BCUT2D eigenvalue weighted by Crippen LogP contribution is 2.40. The van der Waals surface area contributed by atoms with Gasteiger partial charge in [-0.1, -0.05) is 18.2 Å². The second-order valence-electron chi connectivity index (χ2n) is 10.6. The Bertz CT molecular complexity index is 1030. The molecule has 0 bridgehead atoms. The number of nitrogens with one attached hydrogen (secondary N) is 3. The number of pyridine rings is 1. The standard InChI is InChI=1S/C27H35F2N5O/c1-17-4-3-5-18(2)23(17)15-34-14-21(13-27(28,29)16-34)31-26(35)20-6-7-24-22(12-20)25(33-32-24)19-8-10-30-11-9-19/h3-5,8-11,20-22,24-25,32-33H,6-7,12-16H2,1-2H3,(H,31,35). The van der Waals surface area contributed by atoms with Gasteiger partial charge in [-0.3, -0.25) is 20.1 Å². The number of hydrogen-bond acceptors (Lipinski definition) is 5. The summed E-state index contributed by atoms with van der Waals surface area (Å²) in [5, 5.41) is 3.01. The molecule has 1 aliphatic carbocycles. The Morgan fingerprint density at radius 2 is 1.89 bits per heavy atom. The van der Waals surface area contributed by atoms with E-state index in [2.05, 4.69) is 21.2 Å². The Morgan fingerprint density at radius 1 is 1.14 bits per heavy atom. The lowest BCUT2D eigenvalue weighted by molar-refractivity contribution is -0.130. The van der Waals surface area contributed by atoms with Crippen LogP contribution in [0.3, 0.4) is 0 Å². The van der Waals surface area contributed by atoms with Gasteiger partial charge >= 0.3 is 0 Å². The first kappa shape index (κ1) is 24.3. The summed E-state index contributed by atoms with van der Waals surface area (Å²) in [5.41, 5.74) is 11.2. The minimum atomic E-state index is -2.82. The highest BCUT2D eigenvalue weighted by molar-refractivity contribution is 5.79. The van der Waals surface area contributed by atoms with Crippen molar-refractivity contribution in [1.29, 1.82) is 0 Å². The Morgan fingerprint density at radius 3 is 2.63 bits per heavy atom. The molecule has 0 spiro atoms. The Kier molecular flexibility index (Phi) is 6.88.